The largest absolute Gasteiger partial charge is 0.335 e. The Morgan fingerprint density at radius 2 is 1.76 bits per heavy atom. The molecule has 5 nitrogen and oxygen atoms in total. The van der Waals surface area contributed by atoms with Crippen molar-refractivity contribution < 1.29 is 14.4 Å². The second-order valence-corrected chi connectivity index (χ2v) is 7.05. The molecule has 0 aromatic heterocycles. The Morgan fingerprint density at radius 1 is 1.10 bits per heavy atom. The summed E-state index contributed by atoms with van der Waals surface area (Å²) in [6, 6.07) is 4.49. The van der Waals surface area contributed by atoms with Crippen molar-refractivity contribution in [1.29, 1.82) is 0 Å². The topological polar surface area (TPSA) is 66.5 Å². The lowest BCUT2D eigenvalue weighted by atomic mass is 9.82. The normalized spacial score (nSPS) is 21.0. The molecule has 7 heteroatoms. The fourth-order valence-electron chi connectivity index (χ4n) is 2.98. The van der Waals surface area contributed by atoms with Gasteiger partial charge in [-0.15, -0.1) is 0 Å². The van der Waals surface area contributed by atoms with Gasteiger partial charge in [0.15, 0.2) is 0 Å². The monoisotopic (exact) mass is 414 g/mol. The van der Waals surface area contributed by atoms with Crippen molar-refractivity contribution in [2.24, 2.45) is 5.41 Å². The van der Waals surface area contributed by atoms with Crippen LogP contribution in [0.4, 0.5) is 10.5 Å². The van der Waals surface area contributed by atoms with Gasteiger partial charge in [-0.05, 0) is 47.0 Å². The highest BCUT2D eigenvalue weighted by Gasteiger charge is 2.55. The van der Waals surface area contributed by atoms with E-state index in [9.17, 15) is 14.4 Å². The van der Waals surface area contributed by atoms with E-state index in [4.69, 9.17) is 0 Å². The molecule has 21 heavy (non-hydrogen) atoms. The van der Waals surface area contributed by atoms with Gasteiger partial charge < -0.3 is 0 Å². The van der Waals surface area contributed by atoms with Gasteiger partial charge in [0.25, 0.3) is 5.91 Å². The minimum atomic E-state index is -1.08. The maximum absolute atomic E-state index is 12.8. The smallest absolute Gasteiger partial charge is 0.276 e. The lowest BCUT2D eigenvalue weighted by molar-refractivity contribution is -0.142. The number of rotatable bonds is 1. The number of anilines is 1. The van der Waals surface area contributed by atoms with Gasteiger partial charge in [0, 0.05) is 8.95 Å². The molecule has 2 aliphatic rings. The number of amides is 4. The number of barbiturate groups is 1. The van der Waals surface area contributed by atoms with E-state index in [0.717, 1.165) is 22.2 Å². The number of carbonyl (C=O) groups excluding carboxylic acids is 3. The SMILES string of the molecule is O=C1NC(=O)C2(CCCC2)C(=O)N1c1ccc(Br)cc1Br. The molecule has 4 amide bonds. The molecule has 1 heterocycles. The van der Waals surface area contributed by atoms with Crippen LogP contribution in [-0.2, 0) is 9.59 Å². The summed E-state index contributed by atoms with van der Waals surface area (Å²) in [5, 5.41) is 2.33. The van der Waals surface area contributed by atoms with E-state index >= 15 is 0 Å². The molecular formula is C14H12Br2N2O3. The third kappa shape index (κ3) is 2.23. The molecule has 1 aromatic rings. The molecule has 0 bridgehead atoms. The van der Waals surface area contributed by atoms with E-state index in [1.807, 2.05) is 0 Å². The van der Waals surface area contributed by atoms with Crippen LogP contribution < -0.4 is 10.2 Å². The van der Waals surface area contributed by atoms with Crippen LogP contribution in [0.2, 0.25) is 0 Å². The molecule has 0 unspecified atom stereocenters. The van der Waals surface area contributed by atoms with E-state index in [-0.39, 0.29) is 0 Å². The molecule has 0 atom stereocenters. The van der Waals surface area contributed by atoms with E-state index in [1.165, 1.54) is 0 Å². The second-order valence-electron chi connectivity index (χ2n) is 5.28. The van der Waals surface area contributed by atoms with Gasteiger partial charge in [-0.25, -0.2) is 9.69 Å². The van der Waals surface area contributed by atoms with Gasteiger partial charge >= 0.3 is 6.03 Å². The van der Waals surface area contributed by atoms with Crippen molar-refractivity contribution in [3.63, 3.8) is 0 Å². The number of hydrogen-bond donors (Lipinski definition) is 1. The molecule has 1 saturated carbocycles. The molecule has 110 valence electrons. The zero-order chi connectivity index (χ0) is 15.2. The molecular weight excluding hydrogens is 404 g/mol. The number of benzene rings is 1. The maximum atomic E-state index is 12.8. The van der Waals surface area contributed by atoms with Crippen molar-refractivity contribution in [1.82, 2.24) is 5.32 Å². The van der Waals surface area contributed by atoms with Crippen molar-refractivity contribution in [3.8, 4) is 0 Å². The summed E-state index contributed by atoms with van der Waals surface area (Å²) in [6.07, 6.45) is 2.64. The van der Waals surface area contributed by atoms with Crippen LogP contribution in [0.25, 0.3) is 0 Å². The summed E-state index contributed by atoms with van der Waals surface area (Å²) in [5.41, 5.74) is -0.639. The summed E-state index contributed by atoms with van der Waals surface area (Å²) in [6.45, 7) is 0. The van der Waals surface area contributed by atoms with Gasteiger partial charge in [-0.3, -0.25) is 14.9 Å². The zero-order valence-corrected chi connectivity index (χ0v) is 14.2. The first-order valence-electron chi connectivity index (χ1n) is 6.61. The quantitative estimate of drug-likeness (QED) is 0.715. The molecule has 1 spiro atoms. The molecule has 2 fully saturated rings. The van der Waals surface area contributed by atoms with Gasteiger partial charge in [0.2, 0.25) is 5.91 Å². The third-order valence-corrected chi connectivity index (χ3v) is 5.21. The second kappa shape index (κ2) is 5.21. The van der Waals surface area contributed by atoms with Crippen molar-refractivity contribution in [2.45, 2.75) is 25.7 Å². The summed E-state index contributed by atoms with van der Waals surface area (Å²) in [4.78, 5) is 38.2. The molecule has 1 aromatic carbocycles. The number of urea groups is 1. The third-order valence-electron chi connectivity index (χ3n) is 4.08. The van der Waals surface area contributed by atoms with Crippen LogP contribution in [0.3, 0.4) is 0 Å². The highest BCUT2D eigenvalue weighted by atomic mass is 79.9. The van der Waals surface area contributed by atoms with Crippen molar-refractivity contribution in [2.75, 3.05) is 4.90 Å². The van der Waals surface area contributed by atoms with Gasteiger partial charge in [-0.1, -0.05) is 28.8 Å². The first kappa shape index (κ1) is 14.7. The summed E-state index contributed by atoms with van der Waals surface area (Å²) in [5.74, 6) is -0.878. The first-order valence-corrected chi connectivity index (χ1v) is 8.19. The number of nitrogens with zero attached hydrogens (tertiary/aromatic N) is 1. The predicted molar refractivity (Wildman–Crippen MR) is 83.8 cm³/mol. The van der Waals surface area contributed by atoms with E-state index in [1.54, 1.807) is 18.2 Å². The Bertz CT molecular complexity index is 654. The Hall–Kier alpha value is -1.21. The van der Waals surface area contributed by atoms with Crippen molar-refractivity contribution in [3.05, 3.63) is 27.1 Å². The highest BCUT2D eigenvalue weighted by Crippen LogP contribution is 2.44. The average Bonchev–Trinajstić information content (AvgIpc) is 2.90. The molecule has 1 saturated heterocycles. The standard InChI is InChI=1S/C14H12Br2N2O3/c15-8-3-4-10(9(16)7-8)18-12(20)14(5-1-2-6-14)11(19)17-13(18)21/h3-4,7H,1-2,5-6H2,(H,17,19,21). The highest BCUT2D eigenvalue weighted by molar-refractivity contribution is 9.11. The molecule has 0 radical (unpaired) electrons. The van der Waals surface area contributed by atoms with E-state index in [2.05, 4.69) is 37.2 Å². The minimum absolute atomic E-state index is 0.420. The van der Waals surface area contributed by atoms with Crippen LogP contribution in [0.5, 0.6) is 0 Å². The van der Waals surface area contributed by atoms with Crippen molar-refractivity contribution >= 4 is 55.4 Å². The predicted octanol–water partition coefficient (Wildman–Crippen LogP) is 3.35. The fourth-order valence-corrected chi connectivity index (χ4v) is 4.20. The Labute approximate surface area is 138 Å². The summed E-state index contributed by atoms with van der Waals surface area (Å²) >= 11 is 6.69. The van der Waals surface area contributed by atoms with E-state index < -0.39 is 23.3 Å². The molecule has 1 N–H and O–H groups in total. The van der Waals surface area contributed by atoms with Crippen LogP contribution in [0.1, 0.15) is 25.7 Å². The minimum Gasteiger partial charge on any atom is -0.276 e. The first-order chi connectivity index (χ1) is 9.95. The number of hydrogen-bond acceptors (Lipinski definition) is 3. The summed E-state index contributed by atoms with van der Waals surface area (Å²) < 4.78 is 1.44. The number of imide groups is 2. The van der Waals surface area contributed by atoms with Gasteiger partial charge in [0.1, 0.15) is 5.41 Å². The van der Waals surface area contributed by atoms with Gasteiger partial charge in [-0.2, -0.15) is 0 Å². The Morgan fingerprint density at radius 3 is 2.38 bits per heavy atom. The molecule has 1 aliphatic heterocycles. The zero-order valence-electron chi connectivity index (χ0n) is 11.0. The van der Waals surface area contributed by atoms with Crippen LogP contribution in [-0.4, -0.2) is 17.8 Å². The van der Waals surface area contributed by atoms with Gasteiger partial charge in [0.05, 0.1) is 5.69 Å². The number of nitrogens with one attached hydrogen (secondary N) is 1. The van der Waals surface area contributed by atoms with Crippen LogP contribution in [0.15, 0.2) is 27.1 Å². The average molecular weight is 416 g/mol. The molecule has 1 aliphatic carbocycles. The Kier molecular flexibility index (Phi) is 3.65. The Balaban J connectivity index is 2.07. The van der Waals surface area contributed by atoms with Crippen LogP contribution >= 0.6 is 31.9 Å². The number of halogens is 2. The van der Waals surface area contributed by atoms with Crippen LogP contribution in [0, 0.1) is 5.41 Å². The lowest BCUT2D eigenvalue weighted by Gasteiger charge is -2.37. The fraction of sp³-hybridized carbons (Fsp3) is 0.357. The molecule has 3 rings (SSSR count). The maximum Gasteiger partial charge on any atom is 0.335 e. The lowest BCUT2D eigenvalue weighted by Crippen LogP contribution is -2.63. The number of carbonyl (C=O) groups is 3. The van der Waals surface area contributed by atoms with E-state index in [0.29, 0.717) is 23.0 Å². The summed E-state index contributed by atoms with van der Waals surface area (Å²) in [7, 11) is 0.